The first-order valence-electron chi connectivity index (χ1n) is 6.52. The van der Waals surface area contributed by atoms with E-state index in [1.54, 1.807) is 0 Å². The van der Waals surface area contributed by atoms with Gasteiger partial charge in [-0.15, -0.1) is 0 Å². The molecular formula is C17H16O2. The van der Waals surface area contributed by atoms with E-state index in [1.165, 1.54) is 16.7 Å². The Morgan fingerprint density at radius 3 is 2.63 bits per heavy atom. The Labute approximate surface area is 113 Å². The van der Waals surface area contributed by atoms with Crippen molar-refractivity contribution >= 4 is 11.6 Å². The third-order valence-corrected chi connectivity index (χ3v) is 3.26. The third-order valence-electron chi connectivity index (χ3n) is 3.26. The number of benzene rings is 2. The van der Waals surface area contributed by atoms with Crippen molar-refractivity contribution in [1.29, 1.82) is 0 Å². The number of ether oxygens (including phenoxy) is 2. The van der Waals surface area contributed by atoms with E-state index in [4.69, 9.17) is 9.47 Å². The van der Waals surface area contributed by atoms with Crippen LogP contribution >= 0.6 is 0 Å². The van der Waals surface area contributed by atoms with E-state index in [1.807, 2.05) is 12.1 Å². The predicted octanol–water partition coefficient (Wildman–Crippen LogP) is 4.37. The molecule has 2 aromatic rings. The molecule has 0 radical (unpaired) electrons. The largest absolute Gasteiger partial charge is 0.454 e. The summed E-state index contributed by atoms with van der Waals surface area (Å²) >= 11 is 0. The van der Waals surface area contributed by atoms with Crippen LogP contribution in [0.25, 0.3) is 11.6 Å². The van der Waals surface area contributed by atoms with Crippen LogP contribution in [0.2, 0.25) is 0 Å². The maximum Gasteiger partial charge on any atom is 0.231 e. The number of rotatable bonds is 3. The molecular weight excluding hydrogens is 236 g/mol. The van der Waals surface area contributed by atoms with Crippen molar-refractivity contribution in [3.63, 3.8) is 0 Å². The Bertz CT molecular complexity index is 600. The number of hydrogen-bond donors (Lipinski definition) is 0. The van der Waals surface area contributed by atoms with Gasteiger partial charge < -0.3 is 9.47 Å². The minimum Gasteiger partial charge on any atom is -0.454 e. The molecule has 0 unspecified atom stereocenters. The van der Waals surface area contributed by atoms with Crippen molar-refractivity contribution in [1.82, 2.24) is 0 Å². The SMILES string of the molecule is CCC(=Cc1ccccc1)c1ccc2c(c1)OCO2. The molecule has 0 saturated heterocycles. The van der Waals surface area contributed by atoms with Crippen LogP contribution in [0.1, 0.15) is 24.5 Å². The average molecular weight is 252 g/mol. The van der Waals surface area contributed by atoms with Gasteiger partial charge in [0.1, 0.15) is 0 Å². The van der Waals surface area contributed by atoms with Gasteiger partial charge >= 0.3 is 0 Å². The lowest BCUT2D eigenvalue weighted by Gasteiger charge is -2.07. The average Bonchev–Trinajstić information content (AvgIpc) is 2.93. The van der Waals surface area contributed by atoms with Crippen molar-refractivity contribution < 1.29 is 9.47 Å². The van der Waals surface area contributed by atoms with E-state index >= 15 is 0 Å². The molecule has 19 heavy (non-hydrogen) atoms. The van der Waals surface area contributed by atoms with Gasteiger partial charge in [-0.3, -0.25) is 0 Å². The van der Waals surface area contributed by atoms with E-state index in [0.717, 1.165) is 17.9 Å². The van der Waals surface area contributed by atoms with E-state index < -0.39 is 0 Å². The molecule has 96 valence electrons. The molecule has 0 aromatic heterocycles. The van der Waals surface area contributed by atoms with Crippen molar-refractivity contribution in [3.8, 4) is 11.5 Å². The third kappa shape index (κ3) is 2.48. The number of fused-ring (bicyclic) bond motifs is 1. The van der Waals surface area contributed by atoms with Crippen molar-refractivity contribution in [2.24, 2.45) is 0 Å². The fourth-order valence-electron chi connectivity index (χ4n) is 2.24. The Hall–Kier alpha value is -2.22. The summed E-state index contributed by atoms with van der Waals surface area (Å²) < 4.78 is 10.8. The summed E-state index contributed by atoms with van der Waals surface area (Å²) in [6.07, 6.45) is 3.20. The van der Waals surface area contributed by atoms with Crippen molar-refractivity contribution in [3.05, 3.63) is 59.7 Å². The normalized spacial score (nSPS) is 13.6. The zero-order valence-corrected chi connectivity index (χ0v) is 10.9. The smallest absolute Gasteiger partial charge is 0.231 e. The molecule has 3 rings (SSSR count). The fraction of sp³-hybridized carbons (Fsp3) is 0.176. The monoisotopic (exact) mass is 252 g/mol. The van der Waals surface area contributed by atoms with Crippen LogP contribution in [0, 0.1) is 0 Å². The molecule has 0 bridgehead atoms. The van der Waals surface area contributed by atoms with Gasteiger partial charge in [0.2, 0.25) is 6.79 Å². The van der Waals surface area contributed by atoms with Gasteiger partial charge in [0.05, 0.1) is 0 Å². The number of allylic oxidation sites excluding steroid dienone is 1. The van der Waals surface area contributed by atoms with Crippen LogP contribution in [0.4, 0.5) is 0 Å². The van der Waals surface area contributed by atoms with Crippen LogP contribution < -0.4 is 9.47 Å². The quantitative estimate of drug-likeness (QED) is 0.755. The summed E-state index contributed by atoms with van der Waals surface area (Å²) in [5.74, 6) is 1.67. The summed E-state index contributed by atoms with van der Waals surface area (Å²) in [4.78, 5) is 0. The van der Waals surface area contributed by atoms with Gasteiger partial charge in [0.25, 0.3) is 0 Å². The molecule has 0 amide bonds. The van der Waals surface area contributed by atoms with Crippen LogP contribution in [0.15, 0.2) is 48.5 Å². The molecule has 0 atom stereocenters. The summed E-state index contributed by atoms with van der Waals surface area (Å²) in [6.45, 7) is 2.49. The number of hydrogen-bond acceptors (Lipinski definition) is 2. The summed E-state index contributed by atoms with van der Waals surface area (Å²) in [5, 5.41) is 0. The Kier molecular flexibility index (Phi) is 3.23. The molecule has 2 aromatic carbocycles. The lowest BCUT2D eigenvalue weighted by molar-refractivity contribution is 0.174. The second-order valence-corrected chi connectivity index (χ2v) is 4.50. The topological polar surface area (TPSA) is 18.5 Å². The van der Waals surface area contributed by atoms with E-state index in [-0.39, 0.29) is 0 Å². The van der Waals surface area contributed by atoms with Crippen LogP contribution in [-0.4, -0.2) is 6.79 Å². The first-order valence-corrected chi connectivity index (χ1v) is 6.52. The zero-order valence-electron chi connectivity index (χ0n) is 10.9. The van der Waals surface area contributed by atoms with Gasteiger partial charge in [-0.25, -0.2) is 0 Å². The maximum absolute atomic E-state index is 5.43. The van der Waals surface area contributed by atoms with E-state index in [9.17, 15) is 0 Å². The zero-order chi connectivity index (χ0) is 13.1. The highest BCUT2D eigenvalue weighted by Crippen LogP contribution is 2.35. The van der Waals surface area contributed by atoms with Gasteiger partial charge in [0, 0.05) is 0 Å². The first kappa shape index (κ1) is 11.8. The molecule has 1 aliphatic rings. The second-order valence-electron chi connectivity index (χ2n) is 4.50. The molecule has 0 fully saturated rings. The molecule has 2 nitrogen and oxygen atoms in total. The summed E-state index contributed by atoms with van der Waals surface area (Å²) in [6, 6.07) is 16.5. The van der Waals surface area contributed by atoms with Gasteiger partial charge in [-0.1, -0.05) is 49.4 Å². The predicted molar refractivity (Wildman–Crippen MR) is 77.2 cm³/mol. The Balaban J connectivity index is 1.96. The van der Waals surface area contributed by atoms with Crippen molar-refractivity contribution in [2.45, 2.75) is 13.3 Å². The maximum atomic E-state index is 5.43. The van der Waals surface area contributed by atoms with Crippen LogP contribution in [-0.2, 0) is 0 Å². The Morgan fingerprint density at radius 2 is 1.84 bits per heavy atom. The Morgan fingerprint density at radius 1 is 1.05 bits per heavy atom. The molecule has 1 heterocycles. The molecule has 2 heteroatoms. The van der Waals surface area contributed by atoms with Gasteiger partial charge in [-0.05, 0) is 35.3 Å². The van der Waals surface area contributed by atoms with Crippen molar-refractivity contribution in [2.75, 3.05) is 6.79 Å². The van der Waals surface area contributed by atoms with E-state index in [0.29, 0.717) is 6.79 Å². The summed E-state index contributed by atoms with van der Waals surface area (Å²) in [5.41, 5.74) is 3.71. The standard InChI is InChI=1S/C17H16O2/c1-2-14(10-13-6-4-3-5-7-13)15-8-9-16-17(11-15)19-12-18-16/h3-11H,2,12H2,1H3. The van der Waals surface area contributed by atoms with Gasteiger partial charge in [0.15, 0.2) is 11.5 Å². The molecule has 0 aliphatic carbocycles. The highest BCUT2D eigenvalue weighted by molar-refractivity contribution is 5.82. The lowest BCUT2D eigenvalue weighted by atomic mass is 10.00. The van der Waals surface area contributed by atoms with E-state index in [2.05, 4.69) is 49.4 Å². The molecule has 0 N–H and O–H groups in total. The lowest BCUT2D eigenvalue weighted by Crippen LogP contribution is -1.92. The molecule has 0 spiro atoms. The highest BCUT2D eigenvalue weighted by Gasteiger charge is 2.14. The first-order chi connectivity index (χ1) is 9.36. The minimum absolute atomic E-state index is 0.322. The summed E-state index contributed by atoms with van der Waals surface area (Å²) in [7, 11) is 0. The molecule has 0 saturated carbocycles. The van der Waals surface area contributed by atoms with Gasteiger partial charge in [-0.2, -0.15) is 0 Å². The van der Waals surface area contributed by atoms with Crippen LogP contribution in [0.5, 0.6) is 11.5 Å². The second kappa shape index (κ2) is 5.19. The van der Waals surface area contributed by atoms with Crippen LogP contribution in [0.3, 0.4) is 0 Å². The highest BCUT2D eigenvalue weighted by atomic mass is 16.7. The fourth-order valence-corrected chi connectivity index (χ4v) is 2.24. The molecule has 1 aliphatic heterocycles. The minimum atomic E-state index is 0.322.